The molecule has 2 aliphatic heterocycles. The van der Waals surface area contributed by atoms with Crippen molar-refractivity contribution in [3.8, 4) is 0 Å². The molecule has 0 saturated carbocycles. The highest BCUT2D eigenvalue weighted by Gasteiger charge is 2.53. The number of carbonyl (C=O) groups is 3. The van der Waals surface area contributed by atoms with Gasteiger partial charge < -0.3 is 21.3 Å². The number of nitrogens with one attached hydrogen (secondary N) is 1. The van der Waals surface area contributed by atoms with E-state index in [1.165, 1.54) is 28.4 Å². The number of β-lactam (4-membered cyclic amide) rings is 1. The lowest BCUT2D eigenvalue weighted by Crippen LogP contribution is -2.70. The van der Waals surface area contributed by atoms with Crippen LogP contribution < -0.4 is 15.6 Å². The van der Waals surface area contributed by atoms with Crippen molar-refractivity contribution in [2.75, 3.05) is 11.5 Å². The number of carboxylic acids is 2. The fourth-order valence-corrected chi connectivity index (χ4v) is 7.47. The molecule has 5 N–H and O–H groups in total. The molecule has 15 heteroatoms. The molecule has 0 spiro atoms. The second kappa shape index (κ2) is 13.5. The molecule has 0 aromatic carbocycles. The Kier molecular flexibility index (Phi) is 10.3. The minimum absolute atomic E-state index is 0.0266. The number of nitrogens with zero attached hydrogens (tertiary/aromatic N) is 3. The maximum Gasteiger partial charge on any atom is 0.352 e. The van der Waals surface area contributed by atoms with Crippen LogP contribution in [0.3, 0.4) is 0 Å². The molecule has 212 valence electrons. The summed E-state index contributed by atoms with van der Waals surface area (Å²) >= 11 is 20.3. The zero-order valence-electron chi connectivity index (χ0n) is 21.0. The van der Waals surface area contributed by atoms with Crippen molar-refractivity contribution >= 4 is 81.8 Å². The van der Waals surface area contributed by atoms with E-state index < -0.39 is 24.0 Å². The van der Waals surface area contributed by atoms with Crippen LogP contribution in [0.2, 0.25) is 10.3 Å². The molecular weight excluding hydrogens is 617 g/mol. The average Bonchev–Trinajstić information content (AvgIpc) is 2.89. The first kappa shape index (κ1) is 30.5. The molecule has 2 aromatic rings. The van der Waals surface area contributed by atoms with Gasteiger partial charge in [0, 0.05) is 41.4 Å². The van der Waals surface area contributed by atoms with Gasteiger partial charge in [-0.1, -0.05) is 35.4 Å². The van der Waals surface area contributed by atoms with Crippen LogP contribution in [0, 0.1) is 0 Å². The van der Waals surface area contributed by atoms with Gasteiger partial charge in [0.2, 0.25) is 0 Å². The number of hydrogen-bond donors (Lipinski definition) is 4. The number of carboxylic acid groups (broad SMARTS) is 2. The highest BCUT2D eigenvalue weighted by atomic mass is 35.5. The predicted octanol–water partition coefficient (Wildman–Crippen LogP) is 2.74. The number of aromatic nitrogens is 2. The summed E-state index contributed by atoms with van der Waals surface area (Å²) in [4.78, 5) is 42.7. The van der Waals surface area contributed by atoms with Gasteiger partial charge in [0.1, 0.15) is 40.0 Å². The van der Waals surface area contributed by atoms with Gasteiger partial charge in [-0.2, -0.15) is 0 Å². The Morgan fingerprint density at radius 1 is 1.27 bits per heavy atom. The maximum absolute atomic E-state index is 13.0. The van der Waals surface area contributed by atoms with E-state index in [1.807, 2.05) is 29.1 Å². The van der Waals surface area contributed by atoms with Crippen molar-refractivity contribution in [1.82, 2.24) is 15.2 Å². The molecule has 2 aliphatic rings. The van der Waals surface area contributed by atoms with Gasteiger partial charge >= 0.3 is 11.9 Å². The number of amides is 1. The molecule has 2 aromatic heterocycles. The van der Waals surface area contributed by atoms with Crippen molar-refractivity contribution in [2.24, 2.45) is 5.73 Å². The number of pyridine rings is 2. The Morgan fingerprint density at radius 2 is 1.95 bits per heavy atom. The van der Waals surface area contributed by atoms with E-state index in [0.29, 0.717) is 47.9 Å². The Balaban J connectivity index is 1.33. The summed E-state index contributed by atoms with van der Waals surface area (Å²) in [6.07, 6.45) is 5.11. The normalized spacial score (nSPS) is 19.1. The van der Waals surface area contributed by atoms with Crippen LogP contribution in [0.15, 0.2) is 52.8 Å². The number of aryl methyl sites for hydroxylation is 1. The molecule has 1 saturated heterocycles. The number of rotatable bonds is 12. The van der Waals surface area contributed by atoms with Gasteiger partial charge in [0.15, 0.2) is 12.4 Å². The number of hydrogen-bond acceptors (Lipinski definition) is 8. The second-order valence-electron chi connectivity index (χ2n) is 9.16. The monoisotopic (exact) mass is 642 g/mol. The lowest BCUT2D eigenvalue weighted by Gasteiger charge is -2.49. The van der Waals surface area contributed by atoms with Crippen LogP contribution in [-0.4, -0.2) is 71.9 Å². The third-order valence-corrected chi connectivity index (χ3v) is 9.36. The van der Waals surface area contributed by atoms with Gasteiger partial charge in [0.25, 0.3) is 5.91 Å². The van der Waals surface area contributed by atoms with Gasteiger partial charge in [-0.25, -0.2) is 14.3 Å². The summed E-state index contributed by atoms with van der Waals surface area (Å²) in [5, 5.41) is 22.0. The second-order valence-corrected chi connectivity index (χ2v) is 12.6. The third-order valence-electron chi connectivity index (χ3n) is 6.28. The standard InChI is InChI=1S/C25H25Cl2N5O5S3/c26-17-8-13(9-18(27)29-17)10-19(38)30-20-22(33)32-21(25(36)37)14(12-40-23(20)32)11-39-15-3-6-31(7-4-15)5-1-2-16(28)24(34)35/h3-4,6-9,16,20,23H,1-2,5,10-12,28H2,(H2-,30,34,35,36,37,38)/p+1/t16-,20+,23+/m0/s1. The molecule has 0 unspecified atom stereocenters. The molecule has 0 bridgehead atoms. The Labute approximate surface area is 254 Å². The molecule has 4 heterocycles. The summed E-state index contributed by atoms with van der Waals surface area (Å²) in [5.41, 5.74) is 6.99. The number of thiocarbonyl (C=S) groups is 1. The lowest BCUT2D eigenvalue weighted by molar-refractivity contribution is -0.697. The molecule has 3 atom stereocenters. The summed E-state index contributed by atoms with van der Waals surface area (Å²) in [6, 6.07) is 5.63. The first-order valence-corrected chi connectivity index (χ1v) is 15.3. The number of nitrogens with two attached hydrogens (primary N) is 1. The largest absolute Gasteiger partial charge is 0.480 e. The SMILES string of the molecule is N[C@@H](CCC[n+]1ccc(SCC2=C(C(=O)O)N3C(=O)[C@@H](NC(=S)Cc4cc(Cl)nc(Cl)c4)[C@H]3SC2)cc1)C(=O)O. The van der Waals surface area contributed by atoms with E-state index in [2.05, 4.69) is 10.3 Å². The minimum atomic E-state index is -1.14. The van der Waals surface area contributed by atoms with Crippen LogP contribution in [0.4, 0.5) is 0 Å². The highest BCUT2D eigenvalue weighted by molar-refractivity contribution is 8.01. The van der Waals surface area contributed by atoms with Gasteiger partial charge in [-0.3, -0.25) is 14.5 Å². The minimum Gasteiger partial charge on any atom is -0.480 e. The van der Waals surface area contributed by atoms with E-state index in [4.69, 9.17) is 46.3 Å². The van der Waals surface area contributed by atoms with E-state index in [9.17, 15) is 19.5 Å². The topological polar surface area (TPSA) is 150 Å². The summed E-state index contributed by atoms with van der Waals surface area (Å²) in [5.74, 6) is -1.59. The van der Waals surface area contributed by atoms with Gasteiger partial charge in [0.05, 0.1) is 4.99 Å². The predicted molar refractivity (Wildman–Crippen MR) is 157 cm³/mol. The quantitative estimate of drug-likeness (QED) is 0.0890. The Bertz CT molecular complexity index is 1340. The summed E-state index contributed by atoms with van der Waals surface area (Å²) in [6.45, 7) is 0.637. The van der Waals surface area contributed by atoms with E-state index in [-0.39, 0.29) is 27.3 Å². The molecule has 0 aliphatic carbocycles. The van der Waals surface area contributed by atoms with Crippen molar-refractivity contribution < 1.29 is 29.2 Å². The van der Waals surface area contributed by atoms with E-state index in [0.717, 1.165) is 10.5 Å². The number of halogens is 2. The van der Waals surface area contributed by atoms with Crippen LogP contribution in [0.1, 0.15) is 18.4 Å². The fraction of sp³-hybridized carbons (Fsp3) is 0.360. The molecule has 1 fully saturated rings. The summed E-state index contributed by atoms with van der Waals surface area (Å²) < 4.78 is 1.94. The number of aliphatic carboxylic acids is 2. The fourth-order valence-electron chi connectivity index (χ4n) is 4.30. The van der Waals surface area contributed by atoms with Gasteiger partial charge in [-0.15, -0.1) is 23.5 Å². The van der Waals surface area contributed by atoms with Crippen molar-refractivity contribution in [2.45, 2.75) is 48.2 Å². The molecule has 1 amide bonds. The van der Waals surface area contributed by atoms with Crippen LogP contribution >= 0.6 is 58.9 Å². The maximum atomic E-state index is 13.0. The lowest BCUT2D eigenvalue weighted by atomic mass is 10.0. The molecule has 40 heavy (non-hydrogen) atoms. The van der Waals surface area contributed by atoms with Crippen molar-refractivity contribution in [3.63, 3.8) is 0 Å². The smallest absolute Gasteiger partial charge is 0.352 e. The third kappa shape index (κ3) is 7.45. The molecule has 4 rings (SSSR count). The van der Waals surface area contributed by atoms with E-state index >= 15 is 0 Å². The number of thioether (sulfide) groups is 2. The number of fused-ring (bicyclic) bond motifs is 1. The first-order valence-electron chi connectivity index (χ1n) is 12.1. The highest BCUT2D eigenvalue weighted by Crippen LogP contribution is 2.41. The zero-order chi connectivity index (χ0) is 29.0. The van der Waals surface area contributed by atoms with E-state index in [1.54, 1.807) is 12.1 Å². The molecule has 0 radical (unpaired) electrons. The number of carbonyl (C=O) groups excluding carboxylic acids is 1. The summed E-state index contributed by atoms with van der Waals surface area (Å²) in [7, 11) is 0. The Hall–Kier alpha value is -2.42. The van der Waals surface area contributed by atoms with Gasteiger partial charge in [-0.05, 0) is 29.7 Å². The zero-order valence-corrected chi connectivity index (χ0v) is 24.9. The average molecular weight is 644 g/mol. The molecule has 10 nitrogen and oxygen atoms in total. The van der Waals surface area contributed by atoms with Crippen molar-refractivity contribution in [1.29, 1.82) is 0 Å². The van der Waals surface area contributed by atoms with Crippen molar-refractivity contribution in [3.05, 3.63) is 63.8 Å². The van der Waals surface area contributed by atoms with Crippen LogP contribution in [0.5, 0.6) is 0 Å². The first-order chi connectivity index (χ1) is 19.0. The van der Waals surface area contributed by atoms with Crippen LogP contribution in [0.25, 0.3) is 0 Å². The Morgan fingerprint density at radius 3 is 2.58 bits per heavy atom. The molecular formula is C25H26Cl2N5O5S3+. The van der Waals surface area contributed by atoms with Crippen LogP contribution in [-0.2, 0) is 27.3 Å².